The Hall–Kier alpha value is -1.44. The maximum Gasteiger partial charge on any atom is 0.263 e. The molecule has 132 valence electrons. The predicted octanol–water partition coefficient (Wildman–Crippen LogP) is 4.74. The molecule has 1 atom stereocenters. The molecule has 26 heavy (non-hydrogen) atoms. The monoisotopic (exact) mass is 425 g/mol. The molecular formula is C17H10Cl3N3O2S. The van der Waals surface area contributed by atoms with E-state index in [1.807, 2.05) is 0 Å². The Morgan fingerprint density at radius 2 is 1.77 bits per heavy atom. The molecule has 1 aliphatic carbocycles. The second-order valence-corrected chi connectivity index (χ2v) is 8.43. The van der Waals surface area contributed by atoms with Gasteiger partial charge in [0.2, 0.25) is 0 Å². The van der Waals surface area contributed by atoms with Gasteiger partial charge in [0, 0.05) is 22.5 Å². The number of Topliss-reactive ketones (excluding diaryl/α,β-unsaturated/α-hetero) is 1. The van der Waals surface area contributed by atoms with Crippen LogP contribution in [0.4, 0.5) is 0 Å². The Balaban J connectivity index is 2.02. The van der Waals surface area contributed by atoms with Crippen molar-refractivity contribution in [3.05, 3.63) is 51.5 Å². The van der Waals surface area contributed by atoms with Crippen LogP contribution in [0, 0.1) is 5.92 Å². The largest absolute Gasteiger partial charge is 0.605 e. The van der Waals surface area contributed by atoms with E-state index in [1.54, 1.807) is 12.1 Å². The summed E-state index contributed by atoms with van der Waals surface area (Å²) in [7, 11) is 0. The van der Waals surface area contributed by atoms with E-state index in [0.29, 0.717) is 25.8 Å². The lowest BCUT2D eigenvalue weighted by Crippen LogP contribution is -2.15. The minimum absolute atomic E-state index is 0.0540. The molecule has 3 aromatic rings. The standard InChI is InChI=1S/C17H10Cl3N3O2S/c18-10-3-4-11(19)15-12(10)14(20)13(16(24)8-1-2-8)17(23-15)26(25)9-5-21-7-22-6-9/h3-8H,1-2H2. The number of hydrogen-bond donors (Lipinski definition) is 0. The van der Waals surface area contributed by atoms with Gasteiger partial charge in [0.1, 0.15) is 11.9 Å². The molecule has 2 heterocycles. The van der Waals surface area contributed by atoms with Crippen molar-refractivity contribution in [3.8, 4) is 0 Å². The van der Waals surface area contributed by atoms with Crippen molar-refractivity contribution in [2.45, 2.75) is 22.8 Å². The third kappa shape index (κ3) is 3.06. The summed E-state index contributed by atoms with van der Waals surface area (Å²) in [6.45, 7) is 0. The number of carbonyl (C=O) groups is 1. The lowest BCUT2D eigenvalue weighted by Gasteiger charge is -2.15. The van der Waals surface area contributed by atoms with Crippen molar-refractivity contribution in [1.82, 2.24) is 15.0 Å². The number of rotatable bonds is 4. The van der Waals surface area contributed by atoms with E-state index in [-0.39, 0.29) is 27.3 Å². The van der Waals surface area contributed by atoms with Crippen LogP contribution >= 0.6 is 34.8 Å². The number of carbonyl (C=O) groups excluding carboxylic acids is 1. The molecule has 1 aromatic carbocycles. The van der Waals surface area contributed by atoms with E-state index in [9.17, 15) is 9.35 Å². The second kappa shape index (κ2) is 6.94. The molecule has 9 heteroatoms. The lowest BCUT2D eigenvalue weighted by molar-refractivity contribution is 0.0964. The molecular weight excluding hydrogens is 417 g/mol. The average molecular weight is 427 g/mol. The summed E-state index contributed by atoms with van der Waals surface area (Å²) in [5.41, 5.74) is 0.435. The maximum absolute atomic E-state index is 13.1. The highest BCUT2D eigenvalue weighted by Gasteiger charge is 2.38. The van der Waals surface area contributed by atoms with Crippen molar-refractivity contribution in [1.29, 1.82) is 0 Å². The molecule has 4 rings (SSSR count). The molecule has 0 aliphatic heterocycles. The van der Waals surface area contributed by atoms with Crippen LogP contribution in [0.25, 0.3) is 10.9 Å². The first-order valence-corrected chi connectivity index (χ1v) is 9.95. The molecule has 1 aliphatic rings. The first-order valence-electron chi connectivity index (χ1n) is 7.67. The van der Waals surface area contributed by atoms with Crippen molar-refractivity contribution in [3.63, 3.8) is 0 Å². The van der Waals surface area contributed by atoms with Gasteiger partial charge in [0.25, 0.3) is 5.03 Å². The van der Waals surface area contributed by atoms with Crippen molar-refractivity contribution >= 4 is 62.7 Å². The van der Waals surface area contributed by atoms with Gasteiger partial charge in [-0.25, -0.2) is 9.97 Å². The number of ketones is 1. The Kier molecular flexibility index (Phi) is 4.79. The minimum atomic E-state index is -1.79. The van der Waals surface area contributed by atoms with Crippen molar-refractivity contribution in [2.75, 3.05) is 0 Å². The van der Waals surface area contributed by atoms with Crippen molar-refractivity contribution < 1.29 is 9.35 Å². The van der Waals surface area contributed by atoms with Crippen LogP contribution in [-0.2, 0) is 11.2 Å². The Labute approximate surface area is 166 Å². The highest BCUT2D eigenvalue weighted by molar-refractivity contribution is 7.91. The lowest BCUT2D eigenvalue weighted by atomic mass is 10.1. The van der Waals surface area contributed by atoms with E-state index in [1.165, 1.54) is 18.7 Å². The van der Waals surface area contributed by atoms with Crippen LogP contribution in [0.5, 0.6) is 0 Å². The van der Waals surface area contributed by atoms with E-state index in [2.05, 4.69) is 15.0 Å². The minimum Gasteiger partial charge on any atom is -0.605 e. The van der Waals surface area contributed by atoms with Crippen LogP contribution in [0.2, 0.25) is 15.1 Å². The average Bonchev–Trinajstić information content (AvgIpc) is 3.49. The molecule has 1 unspecified atom stereocenters. The zero-order chi connectivity index (χ0) is 18.4. The van der Waals surface area contributed by atoms with Crippen molar-refractivity contribution in [2.24, 2.45) is 5.92 Å². The smallest absolute Gasteiger partial charge is 0.263 e. The number of fused-ring (bicyclic) bond motifs is 1. The summed E-state index contributed by atoms with van der Waals surface area (Å²) in [6, 6.07) is 3.17. The molecule has 0 radical (unpaired) electrons. The van der Waals surface area contributed by atoms with Crippen LogP contribution < -0.4 is 0 Å². The summed E-state index contributed by atoms with van der Waals surface area (Å²) >= 11 is 17.3. The third-order valence-corrected chi connectivity index (χ3v) is 6.35. The number of pyridine rings is 1. The highest BCUT2D eigenvalue weighted by Crippen LogP contribution is 2.42. The molecule has 0 bridgehead atoms. The third-order valence-electron chi connectivity index (χ3n) is 4.07. The number of nitrogens with zero attached hydrogens (tertiary/aromatic N) is 3. The fraction of sp³-hybridized carbons (Fsp3) is 0.176. The quantitative estimate of drug-likeness (QED) is 0.444. The van der Waals surface area contributed by atoms with E-state index in [4.69, 9.17) is 34.8 Å². The van der Waals surface area contributed by atoms with Gasteiger partial charge in [-0.3, -0.25) is 4.79 Å². The number of hydrogen-bond acceptors (Lipinski definition) is 5. The van der Waals surface area contributed by atoms with Crippen LogP contribution in [0.3, 0.4) is 0 Å². The van der Waals surface area contributed by atoms with Gasteiger partial charge >= 0.3 is 0 Å². The predicted molar refractivity (Wildman–Crippen MR) is 101 cm³/mol. The normalized spacial score (nSPS) is 15.2. The van der Waals surface area contributed by atoms with Gasteiger partial charge in [-0.2, -0.15) is 4.98 Å². The molecule has 0 amide bonds. The fourth-order valence-electron chi connectivity index (χ4n) is 2.63. The van der Waals surface area contributed by atoms with E-state index >= 15 is 0 Å². The van der Waals surface area contributed by atoms with Gasteiger partial charge in [-0.1, -0.05) is 34.8 Å². The van der Waals surface area contributed by atoms with Crippen LogP contribution in [-0.4, -0.2) is 25.3 Å². The second-order valence-electron chi connectivity index (χ2n) is 5.84. The molecule has 5 nitrogen and oxygen atoms in total. The number of aromatic nitrogens is 3. The molecule has 0 saturated heterocycles. The van der Waals surface area contributed by atoms with Crippen LogP contribution in [0.1, 0.15) is 23.2 Å². The molecule has 0 N–H and O–H groups in total. The summed E-state index contributed by atoms with van der Waals surface area (Å²) in [4.78, 5) is 25.3. The Bertz CT molecular complexity index is 1030. The van der Waals surface area contributed by atoms with E-state index in [0.717, 1.165) is 12.8 Å². The zero-order valence-electron chi connectivity index (χ0n) is 13.1. The fourth-order valence-corrected chi connectivity index (χ4v) is 4.65. The van der Waals surface area contributed by atoms with Gasteiger partial charge in [0.15, 0.2) is 10.7 Å². The van der Waals surface area contributed by atoms with Crippen LogP contribution in [0.15, 0.2) is 40.8 Å². The zero-order valence-corrected chi connectivity index (χ0v) is 16.2. The summed E-state index contributed by atoms with van der Waals surface area (Å²) < 4.78 is 13.1. The summed E-state index contributed by atoms with van der Waals surface area (Å²) in [6.07, 6.45) is 5.70. The number of benzene rings is 1. The van der Waals surface area contributed by atoms with Gasteiger partial charge < -0.3 is 4.55 Å². The maximum atomic E-state index is 13.1. The topological polar surface area (TPSA) is 78.8 Å². The Morgan fingerprint density at radius 3 is 2.42 bits per heavy atom. The summed E-state index contributed by atoms with van der Waals surface area (Å²) in [5, 5.41) is 1.19. The Morgan fingerprint density at radius 1 is 1.12 bits per heavy atom. The first-order chi connectivity index (χ1) is 12.5. The number of halogens is 3. The molecule has 0 spiro atoms. The van der Waals surface area contributed by atoms with E-state index < -0.39 is 11.2 Å². The molecule has 2 aromatic heterocycles. The molecule has 1 saturated carbocycles. The first kappa shape index (κ1) is 17.9. The molecule has 1 fully saturated rings. The SMILES string of the molecule is O=C(c1c([S+]([O-])c2cncnc2)nc2c(Cl)ccc(Cl)c2c1Cl)C1CC1. The van der Waals surface area contributed by atoms with Gasteiger partial charge in [-0.05, 0) is 25.0 Å². The van der Waals surface area contributed by atoms with Gasteiger partial charge in [0.05, 0.1) is 33.0 Å². The summed E-state index contributed by atoms with van der Waals surface area (Å²) in [5.74, 6) is -0.312. The van der Waals surface area contributed by atoms with Gasteiger partial charge in [-0.15, -0.1) is 0 Å². The highest BCUT2D eigenvalue weighted by atomic mass is 35.5.